The minimum Gasteiger partial charge on any atom is -0.396 e. The summed E-state index contributed by atoms with van der Waals surface area (Å²) in [4.78, 5) is 0. The third-order valence-electron chi connectivity index (χ3n) is 1.90. The largest absolute Gasteiger partial charge is 0.396 e. The number of rotatable bonds is 5. The molecule has 0 bridgehead atoms. The first-order valence-corrected chi connectivity index (χ1v) is 8.71. The van der Waals surface area contributed by atoms with Crippen LogP contribution in [0.2, 0.25) is 0 Å². The first-order chi connectivity index (χ1) is 12.3. The van der Waals surface area contributed by atoms with Crippen molar-refractivity contribution in [2.45, 2.75) is 59.4 Å². The van der Waals surface area contributed by atoms with Crippen LogP contribution in [0.25, 0.3) is 0 Å². The van der Waals surface area contributed by atoms with E-state index in [-0.39, 0.29) is 32.5 Å². The molecule has 7 nitrogen and oxygen atoms in total. The van der Waals surface area contributed by atoms with Crippen LogP contribution in [0.4, 0.5) is 0 Å². The van der Waals surface area contributed by atoms with E-state index in [4.69, 9.17) is 35.7 Å². The lowest BCUT2D eigenvalue weighted by molar-refractivity contribution is 0.110. The van der Waals surface area contributed by atoms with Gasteiger partial charge in [-0.1, -0.05) is 43.7 Å². The molecule has 0 aliphatic carbocycles. The first kappa shape index (κ1) is 32.6. The van der Waals surface area contributed by atoms with E-state index in [2.05, 4.69) is 6.92 Å². The van der Waals surface area contributed by atoms with Crippen molar-refractivity contribution in [1.82, 2.24) is 0 Å². The average molecular weight is 381 g/mol. The van der Waals surface area contributed by atoms with Crippen LogP contribution in [0.3, 0.4) is 0 Å². The standard InChI is InChI=1S/C7H8O.C4H10O.C3H8O2.C3H8O.C2H6O2/c8-6-7-4-2-1-3-5-7;1-2-3-4-5;1-3(5)2-4;1-3(2)4;3-1-2-4/h1-5,8H,6H2;5H,2-4H2,1H3;3-5H,2H2,1H3;3-4H,1-2H3;3-4H,1-2H2. The van der Waals surface area contributed by atoms with Gasteiger partial charge in [-0.25, -0.2) is 0 Å². The summed E-state index contributed by atoms with van der Waals surface area (Å²) < 4.78 is 0. The fourth-order valence-electron chi connectivity index (χ4n) is 0.742. The van der Waals surface area contributed by atoms with Gasteiger partial charge in [0.1, 0.15) is 0 Å². The van der Waals surface area contributed by atoms with E-state index in [1.807, 2.05) is 30.3 Å². The third kappa shape index (κ3) is 56.8. The minimum atomic E-state index is -0.560. The lowest BCUT2D eigenvalue weighted by atomic mass is 10.2. The van der Waals surface area contributed by atoms with E-state index in [0.717, 1.165) is 18.4 Å². The number of hydrogen-bond acceptors (Lipinski definition) is 7. The predicted octanol–water partition coefficient (Wildman–Crippen LogP) is 0.675. The highest BCUT2D eigenvalue weighted by Crippen LogP contribution is 1.95. The summed E-state index contributed by atoms with van der Waals surface area (Å²) >= 11 is 0. The van der Waals surface area contributed by atoms with Crippen LogP contribution < -0.4 is 0 Å². The maximum absolute atomic E-state index is 8.54. The fraction of sp³-hybridized carbons (Fsp3) is 0.684. The summed E-state index contributed by atoms with van der Waals surface area (Å²) in [6.45, 7) is 7.12. The van der Waals surface area contributed by atoms with Gasteiger partial charge in [0.15, 0.2) is 0 Å². The summed E-state index contributed by atoms with van der Waals surface area (Å²) in [7, 11) is 0. The van der Waals surface area contributed by atoms with Crippen molar-refractivity contribution in [1.29, 1.82) is 0 Å². The van der Waals surface area contributed by atoms with Gasteiger partial charge in [0.2, 0.25) is 0 Å². The second-order valence-electron chi connectivity index (χ2n) is 5.29. The molecule has 0 saturated heterocycles. The molecule has 1 rings (SSSR count). The van der Waals surface area contributed by atoms with Crippen LogP contribution in [0, 0.1) is 0 Å². The Morgan fingerprint density at radius 3 is 1.27 bits per heavy atom. The van der Waals surface area contributed by atoms with Gasteiger partial charge < -0.3 is 35.7 Å². The van der Waals surface area contributed by atoms with Crippen LogP contribution >= 0.6 is 0 Å². The van der Waals surface area contributed by atoms with Gasteiger partial charge in [0.25, 0.3) is 0 Å². The lowest BCUT2D eigenvalue weighted by Gasteiger charge is -1.90. The van der Waals surface area contributed by atoms with Gasteiger partial charge in [0, 0.05) is 12.7 Å². The number of hydrogen-bond donors (Lipinski definition) is 7. The van der Waals surface area contributed by atoms with E-state index in [1.54, 1.807) is 13.8 Å². The zero-order chi connectivity index (χ0) is 21.2. The maximum Gasteiger partial charge on any atom is 0.0742 e. The summed E-state index contributed by atoms with van der Waals surface area (Å²) in [6.07, 6.45) is 1.31. The Hall–Kier alpha value is -1.06. The molecular weight excluding hydrogens is 340 g/mol. The van der Waals surface area contributed by atoms with Crippen LogP contribution in [-0.4, -0.2) is 74.4 Å². The molecular formula is C19H40O7. The van der Waals surface area contributed by atoms with E-state index >= 15 is 0 Å². The number of aliphatic hydroxyl groups is 7. The molecule has 1 aromatic carbocycles. The predicted molar refractivity (Wildman–Crippen MR) is 105 cm³/mol. The van der Waals surface area contributed by atoms with Crippen molar-refractivity contribution in [2.75, 3.05) is 26.4 Å². The molecule has 1 aromatic rings. The Morgan fingerprint density at radius 1 is 0.769 bits per heavy atom. The lowest BCUT2D eigenvalue weighted by Crippen LogP contribution is -2.03. The monoisotopic (exact) mass is 380 g/mol. The topological polar surface area (TPSA) is 142 Å². The molecule has 7 heteroatoms. The number of benzene rings is 1. The maximum atomic E-state index is 8.54. The molecule has 0 radical (unpaired) electrons. The Kier molecular flexibility index (Phi) is 39.7. The highest BCUT2D eigenvalue weighted by molar-refractivity contribution is 5.12. The van der Waals surface area contributed by atoms with Crippen molar-refractivity contribution >= 4 is 0 Å². The SMILES string of the molecule is CC(C)O.CC(O)CO.CCCCO.OCCO.OCc1ccccc1. The molecule has 158 valence electrons. The molecule has 0 aliphatic rings. The molecule has 0 saturated carbocycles. The van der Waals surface area contributed by atoms with E-state index < -0.39 is 6.10 Å². The van der Waals surface area contributed by atoms with Gasteiger partial charge in [-0.15, -0.1) is 0 Å². The molecule has 0 spiro atoms. The second-order valence-corrected chi connectivity index (χ2v) is 5.29. The van der Waals surface area contributed by atoms with E-state index in [0.29, 0.717) is 6.61 Å². The normalized spacial score (nSPS) is 9.85. The summed E-state index contributed by atoms with van der Waals surface area (Å²) in [5.74, 6) is 0. The Labute approximate surface area is 158 Å². The van der Waals surface area contributed by atoms with Crippen molar-refractivity contribution < 1.29 is 35.7 Å². The van der Waals surface area contributed by atoms with Crippen molar-refractivity contribution in [3.63, 3.8) is 0 Å². The molecule has 0 aliphatic heterocycles. The van der Waals surface area contributed by atoms with Crippen molar-refractivity contribution in [3.05, 3.63) is 35.9 Å². The number of aliphatic hydroxyl groups excluding tert-OH is 7. The molecule has 7 N–H and O–H groups in total. The van der Waals surface area contributed by atoms with Crippen LogP contribution in [0.5, 0.6) is 0 Å². The average Bonchev–Trinajstić information content (AvgIpc) is 2.64. The van der Waals surface area contributed by atoms with Gasteiger partial charge in [-0.05, 0) is 32.8 Å². The van der Waals surface area contributed by atoms with Crippen LogP contribution in [0.15, 0.2) is 30.3 Å². The molecule has 0 amide bonds. The van der Waals surface area contributed by atoms with Gasteiger partial charge in [0.05, 0.1) is 32.5 Å². The molecule has 1 atom stereocenters. The minimum absolute atomic E-state index is 0.125. The molecule has 26 heavy (non-hydrogen) atoms. The molecule has 0 fully saturated rings. The molecule has 0 aromatic heterocycles. The van der Waals surface area contributed by atoms with Crippen LogP contribution in [0.1, 0.15) is 46.1 Å². The highest BCUT2D eigenvalue weighted by atomic mass is 16.3. The Balaban J connectivity index is -0.000000121. The zero-order valence-electron chi connectivity index (χ0n) is 16.6. The third-order valence-corrected chi connectivity index (χ3v) is 1.90. The van der Waals surface area contributed by atoms with Crippen LogP contribution in [-0.2, 0) is 6.61 Å². The summed E-state index contributed by atoms with van der Waals surface area (Å²) in [5, 5.41) is 55.9. The first-order valence-electron chi connectivity index (χ1n) is 8.71. The summed E-state index contributed by atoms with van der Waals surface area (Å²) in [6, 6.07) is 9.52. The highest BCUT2D eigenvalue weighted by Gasteiger charge is 1.83. The molecule has 1 unspecified atom stereocenters. The van der Waals surface area contributed by atoms with E-state index in [1.165, 1.54) is 6.92 Å². The Morgan fingerprint density at radius 2 is 1.15 bits per heavy atom. The number of unbranched alkanes of at least 4 members (excludes halogenated alkanes) is 1. The van der Waals surface area contributed by atoms with Crippen molar-refractivity contribution in [3.8, 4) is 0 Å². The Bertz CT molecular complexity index is 299. The van der Waals surface area contributed by atoms with Gasteiger partial charge in [-0.3, -0.25) is 0 Å². The molecule has 0 heterocycles. The zero-order valence-corrected chi connectivity index (χ0v) is 16.6. The summed E-state index contributed by atoms with van der Waals surface area (Å²) in [5.41, 5.74) is 0.965. The van der Waals surface area contributed by atoms with E-state index in [9.17, 15) is 0 Å². The van der Waals surface area contributed by atoms with Gasteiger partial charge >= 0.3 is 0 Å². The quantitative estimate of drug-likeness (QED) is 0.398. The fourth-order valence-corrected chi connectivity index (χ4v) is 0.742. The second kappa shape index (κ2) is 31.7. The smallest absolute Gasteiger partial charge is 0.0742 e. The van der Waals surface area contributed by atoms with Crippen molar-refractivity contribution in [2.24, 2.45) is 0 Å². The van der Waals surface area contributed by atoms with Gasteiger partial charge in [-0.2, -0.15) is 0 Å².